The van der Waals surface area contributed by atoms with Crippen molar-refractivity contribution < 1.29 is 9.90 Å². The van der Waals surface area contributed by atoms with Gasteiger partial charge in [-0.1, -0.05) is 0 Å². The van der Waals surface area contributed by atoms with Gasteiger partial charge in [0.05, 0.1) is 12.2 Å². The molecule has 1 aromatic heterocycles. The van der Waals surface area contributed by atoms with Gasteiger partial charge in [-0.25, -0.2) is 0 Å². The van der Waals surface area contributed by atoms with Gasteiger partial charge in [-0.15, -0.1) is 0 Å². The highest BCUT2D eigenvalue weighted by atomic mass is 16.3. The molecule has 0 unspecified atom stereocenters. The van der Waals surface area contributed by atoms with Crippen LogP contribution in [0, 0.1) is 0 Å². The molecule has 0 aromatic carbocycles. The third kappa shape index (κ3) is 2.10. The zero-order valence-corrected chi connectivity index (χ0v) is 6.95. The van der Waals surface area contributed by atoms with Crippen molar-refractivity contribution in [1.82, 2.24) is 9.88 Å². The maximum Gasteiger partial charge on any atom is 0.252 e. The lowest BCUT2D eigenvalue weighted by molar-refractivity contribution is 0.0945. The van der Waals surface area contributed by atoms with Crippen LogP contribution in [0.2, 0.25) is 0 Å². The Morgan fingerprint density at radius 3 is 3.00 bits per heavy atom. The zero-order chi connectivity index (χ0) is 8.97. The van der Waals surface area contributed by atoms with E-state index >= 15 is 0 Å². The number of aliphatic hydroxyl groups excluding tert-OH is 1. The second kappa shape index (κ2) is 3.92. The summed E-state index contributed by atoms with van der Waals surface area (Å²) in [5, 5.41) is 11.0. The van der Waals surface area contributed by atoms with Crippen molar-refractivity contribution in [3.63, 3.8) is 0 Å². The average Bonchev–Trinajstić information content (AvgIpc) is 2.47. The molecule has 1 amide bonds. The molecule has 0 saturated carbocycles. The summed E-state index contributed by atoms with van der Waals surface area (Å²) in [4.78, 5) is 11.2. The topological polar surface area (TPSA) is 54.3 Å². The summed E-state index contributed by atoms with van der Waals surface area (Å²) in [5.41, 5.74) is 0.617. The Hall–Kier alpha value is -1.29. The van der Waals surface area contributed by atoms with Crippen LogP contribution in [0.15, 0.2) is 18.5 Å². The first kappa shape index (κ1) is 8.80. The third-order valence-electron chi connectivity index (χ3n) is 1.49. The number of aryl methyl sites for hydroxylation is 1. The lowest BCUT2D eigenvalue weighted by Crippen LogP contribution is -2.25. The molecule has 0 aliphatic rings. The molecule has 0 radical (unpaired) electrons. The summed E-state index contributed by atoms with van der Waals surface area (Å²) in [6.07, 6.45) is 3.53. The van der Waals surface area contributed by atoms with E-state index in [2.05, 4.69) is 5.32 Å². The molecule has 0 fully saturated rings. The van der Waals surface area contributed by atoms with E-state index in [0.717, 1.165) is 0 Å². The number of nitrogens with one attached hydrogen (secondary N) is 1. The van der Waals surface area contributed by atoms with Crippen molar-refractivity contribution in [3.8, 4) is 0 Å². The van der Waals surface area contributed by atoms with Gasteiger partial charge in [0.1, 0.15) is 0 Å². The van der Waals surface area contributed by atoms with Crippen molar-refractivity contribution in [2.45, 2.75) is 0 Å². The number of carbonyl (C=O) groups excluding carboxylic acids is 1. The monoisotopic (exact) mass is 168 g/mol. The molecule has 4 nitrogen and oxygen atoms in total. The minimum atomic E-state index is -0.148. The summed E-state index contributed by atoms with van der Waals surface area (Å²) >= 11 is 0. The Labute approximate surface area is 70.8 Å². The van der Waals surface area contributed by atoms with Gasteiger partial charge < -0.3 is 15.0 Å². The van der Waals surface area contributed by atoms with Gasteiger partial charge in [-0.05, 0) is 6.07 Å². The summed E-state index contributed by atoms with van der Waals surface area (Å²) in [6, 6.07) is 1.73. The molecule has 0 aliphatic heterocycles. The Kier molecular flexibility index (Phi) is 2.88. The number of hydrogen-bond donors (Lipinski definition) is 2. The van der Waals surface area contributed by atoms with Crippen LogP contribution in [0.4, 0.5) is 0 Å². The van der Waals surface area contributed by atoms with E-state index in [0.29, 0.717) is 12.1 Å². The Morgan fingerprint density at radius 2 is 2.50 bits per heavy atom. The first-order valence-corrected chi connectivity index (χ1v) is 3.75. The van der Waals surface area contributed by atoms with Gasteiger partial charge in [0.2, 0.25) is 0 Å². The highest BCUT2D eigenvalue weighted by Crippen LogP contribution is 1.98. The summed E-state index contributed by atoms with van der Waals surface area (Å²) < 4.78 is 1.80. The predicted molar refractivity (Wildman–Crippen MR) is 44.8 cm³/mol. The number of amides is 1. The summed E-state index contributed by atoms with van der Waals surface area (Å²) in [5.74, 6) is -0.148. The molecular formula is C8H12N2O2. The quantitative estimate of drug-likeness (QED) is 0.653. The fraction of sp³-hybridized carbons (Fsp3) is 0.375. The molecule has 66 valence electrons. The molecule has 0 atom stereocenters. The minimum absolute atomic E-state index is 0.0292. The number of rotatable bonds is 3. The van der Waals surface area contributed by atoms with E-state index in [9.17, 15) is 4.79 Å². The van der Waals surface area contributed by atoms with Crippen LogP contribution in [0.3, 0.4) is 0 Å². The first-order chi connectivity index (χ1) is 5.74. The van der Waals surface area contributed by atoms with Crippen molar-refractivity contribution in [3.05, 3.63) is 24.0 Å². The molecule has 1 aromatic rings. The summed E-state index contributed by atoms with van der Waals surface area (Å²) in [7, 11) is 1.85. The Bertz CT molecular complexity index is 268. The van der Waals surface area contributed by atoms with Crippen molar-refractivity contribution in [2.75, 3.05) is 13.2 Å². The molecule has 1 rings (SSSR count). The molecule has 4 heteroatoms. The van der Waals surface area contributed by atoms with Crippen LogP contribution in [-0.4, -0.2) is 28.7 Å². The second-order valence-electron chi connectivity index (χ2n) is 2.55. The molecular weight excluding hydrogens is 156 g/mol. The maximum absolute atomic E-state index is 11.2. The lowest BCUT2D eigenvalue weighted by Gasteiger charge is -1.99. The molecule has 0 aliphatic carbocycles. The van der Waals surface area contributed by atoms with Gasteiger partial charge in [0.15, 0.2) is 0 Å². The van der Waals surface area contributed by atoms with Crippen molar-refractivity contribution in [1.29, 1.82) is 0 Å². The number of nitrogens with zero attached hydrogens (tertiary/aromatic N) is 1. The van der Waals surface area contributed by atoms with Crippen LogP contribution in [-0.2, 0) is 7.05 Å². The predicted octanol–water partition coefficient (Wildman–Crippen LogP) is -0.253. The highest BCUT2D eigenvalue weighted by Gasteiger charge is 2.04. The minimum Gasteiger partial charge on any atom is -0.395 e. The van der Waals surface area contributed by atoms with Gasteiger partial charge in [0.25, 0.3) is 5.91 Å². The fourth-order valence-corrected chi connectivity index (χ4v) is 0.909. The van der Waals surface area contributed by atoms with Crippen molar-refractivity contribution >= 4 is 5.91 Å². The number of aliphatic hydroxyl groups is 1. The molecule has 2 N–H and O–H groups in total. The lowest BCUT2D eigenvalue weighted by atomic mass is 10.3. The van der Waals surface area contributed by atoms with E-state index in [1.807, 2.05) is 7.05 Å². The second-order valence-corrected chi connectivity index (χ2v) is 2.55. The number of aromatic nitrogens is 1. The van der Waals surface area contributed by atoms with Crippen LogP contribution >= 0.6 is 0 Å². The standard InChI is InChI=1S/C8H12N2O2/c1-10-4-2-7(6-10)8(12)9-3-5-11/h2,4,6,11H,3,5H2,1H3,(H,9,12). The third-order valence-corrected chi connectivity index (χ3v) is 1.49. The van der Waals surface area contributed by atoms with Crippen LogP contribution < -0.4 is 5.32 Å². The van der Waals surface area contributed by atoms with E-state index in [-0.39, 0.29) is 12.5 Å². The van der Waals surface area contributed by atoms with E-state index in [1.165, 1.54) is 0 Å². The van der Waals surface area contributed by atoms with Crippen molar-refractivity contribution in [2.24, 2.45) is 7.05 Å². The molecule has 0 saturated heterocycles. The van der Waals surface area contributed by atoms with Gasteiger partial charge in [-0.3, -0.25) is 4.79 Å². The number of hydrogen-bond acceptors (Lipinski definition) is 2. The Balaban J connectivity index is 2.53. The molecule has 0 spiro atoms. The van der Waals surface area contributed by atoms with Gasteiger partial charge in [0, 0.05) is 26.0 Å². The van der Waals surface area contributed by atoms with Crippen LogP contribution in [0.25, 0.3) is 0 Å². The first-order valence-electron chi connectivity index (χ1n) is 3.75. The average molecular weight is 168 g/mol. The van der Waals surface area contributed by atoms with Gasteiger partial charge in [-0.2, -0.15) is 0 Å². The van der Waals surface area contributed by atoms with Crippen LogP contribution in [0.5, 0.6) is 0 Å². The van der Waals surface area contributed by atoms with E-state index in [1.54, 1.807) is 23.0 Å². The number of carbonyl (C=O) groups is 1. The Morgan fingerprint density at radius 1 is 1.75 bits per heavy atom. The van der Waals surface area contributed by atoms with Gasteiger partial charge >= 0.3 is 0 Å². The zero-order valence-electron chi connectivity index (χ0n) is 6.95. The molecule has 0 bridgehead atoms. The molecule has 1 heterocycles. The highest BCUT2D eigenvalue weighted by molar-refractivity contribution is 5.93. The smallest absolute Gasteiger partial charge is 0.252 e. The van der Waals surface area contributed by atoms with E-state index in [4.69, 9.17) is 5.11 Å². The fourth-order valence-electron chi connectivity index (χ4n) is 0.909. The molecule has 12 heavy (non-hydrogen) atoms. The van der Waals surface area contributed by atoms with Crippen LogP contribution in [0.1, 0.15) is 10.4 Å². The normalized spacial score (nSPS) is 9.83. The SMILES string of the molecule is Cn1ccc(C(=O)NCCO)c1. The maximum atomic E-state index is 11.2. The largest absolute Gasteiger partial charge is 0.395 e. The summed E-state index contributed by atoms with van der Waals surface area (Å²) in [6.45, 7) is 0.270. The van der Waals surface area contributed by atoms with E-state index < -0.39 is 0 Å².